The Balaban J connectivity index is -0.000000211. The quantitative estimate of drug-likeness (QED) is 0.309. The summed E-state index contributed by atoms with van der Waals surface area (Å²) >= 11 is 0. The van der Waals surface area contributed by atoms with E-state index in [9.17, 15) is 4.39 Å². The van der Waals surface area contributed by atoms with Gasteiger partial charge in [-0.3, -0.25) is 0 Å². The van der Waals surface area contributed by atoms with Crippen LogP contribution >= 0.6 is 8.22 Å². The van der Waals surface area contributed by atoms with Gasteiger partial charge in [-0.25, -0.2) is 4.39 Å². The first-order valence-corrected chi connectivity index (χ1v) is 8.23. The summed E-state index contributed by atoms with van der Waals surface area (Å²) in [5.74, 6) is -0.170. The summed E-state index contributed by atoms with van der Waals surface area (Å²) in [4.78, 5) is 0. The third-order valence-corrected chi connectivity index (χ3v) is 5.25. The van der Waals surface area contributed by atoms with E-state index < -0.39 is 8.22 Å². The second-order valence-electron chi connectivity index (χ2n) is 4.34. The third-order valence-electron chi connectivity index (χ3n) is 3.15. The average molecular weight is 561 g/mol. The summed E-state index contributed by atoms with van der Waals surface area (Å²) in [7, 11) is -0.736. The van der Waals surface area contributed by atoms with E-state index in [0.29, 0.717) is 0 Å². The molecule has 2 aliphatic heterocycles. The van der Waals surface area contributed by atoms with Gasteiger partial charge in [0.25, 0.3) is 13.7 Å². The van der Waals surface area contributed by atoms with Crippen LogP contribution < -0.4 is 0 Å². The van der Waals surface area contributed by atoms with Crippen LogP contribution in [-0.2, 0) is 44.3 Å². The van der Waals surface area contributed by atoms with E-state index >= 15 is 0 Å². The van der Waals surface area contributed by atoms with E-state index in [4.69, 9.17) is 23.3 Å². The Morgan fingerprint density at radius 2 is 1.19 bits per heavy atom. The fourth-order valence-corrected chi connectivity index (χ4v) is 4.25. The molecule has 0 N–H and O–H groups in total. The van der Waals surface area contributed by atoms with E-state index in [1.54, 1.807) is 0 Å². The molecule has 10 heteroatoms. The van der Waals surface area contributed by atoms with Gasteiger partial charge >= 0.3 is 56.5 Å². The zero-order valence-corrected chi connectivity index (χ0v) is 18.0. The molecule has 7 nitrogen and oxygen atoms in total. The maximum atomic E-state index is 12.8. The first-order valence-electron chi connectivity index (χ1n) is 6.83. The minimum absolute atomic E-state index is 0. The molecule has 0 bridgehead atoms. The Morgan fingerprint density at radius 3 is 1.59 bits per heavy atom. The van der Waals surface area contributed by atoms with E-state index in [-0.39, 0.29) is 26.9 Å². The standard InChI is InChI=1S/C12H14FN2P.5CO.W/c13-11-6-4-10(5-7-11)12-14-16(12)15-8-2-1-3-9-15;5*1-2;/h4-7H,1-3,8-9H2;;;;;;/p+1. The summed E-state index contributed by atoms with van der Waals surface area (Å²) in [5, 5.41) is 0. The van der Waals surface area contributed by atoms with Crippen LogP contribution in [0.25, 0.3) is 0 Å². The van der Waals surface area contributed by atoms with E-state index in [1.165, 1.54) is 49.9 Å². The van der Waals surface area contributed by atoms with Gasteiger partial charge in [0, 0.05) is 39.7 Å². The van der Waals surface area contributed by atoms with Gasteiger partial charge in [0.1, 0.15) is 5.82 Å². The van der Waals surface area contributed by atoms with E-state index in [0.717, 1.165) is 5.56 Å². The Morgan fingerprint density at radius 1 is 0.778 bits per heavy atom. The molecule has 0 spiro atoms. The summed E-state index contributed by atoms with van der Waals surface area (Å²) in [6.07, 6.45) is 3.97. The molecule has 1 fully saturated rings. The second kappa shape index (κ2) is 24.6. The first kappa shape index (κ1) is 33.2. The molecular formula is C17H15FN2O5PW+. The smallest absolute Gasteiger partial charge is 0 e. The van der Waals surface area contributed by atoms with Crippen LogP contribution in [0.15, 0.2) is 29.0 Å². The summed E-state index contributed by atoms with van der Waals surface area (Å²) < 4.78 is 57.4. The molecule has 0 aliphatic carbocycles. The van der Waals surface area contributed by atoms with E-state index in [1.807, 2.05) is 12.1 Å². The van der Waals surface area contributed by atoms with Crippen molar-refractivity contribution in [3.05, 3.63) is 68.9 Å². The predicted octanol–water partition coefficient (Wildman–Crippen LogP) is 2.93. The number of halogens is 1. The van der Waals surface area contributed by atoms with Gasteiger partial charge in [-0.15, -0.1) is 0 Å². The molecule has 2 heterocycles. The molecule has 0 radical (unpaired) electrons. The van der Waals surface area contributed by atoms with Crippen LogP contribution in [0.3, 0.4) is 0 Å². The van der Waals surface area contributed by atoms with Crippen molar-refractivity contribution in [3.63, 3.8) is 0 Å². The zero-order chi connectivity index (χ0) is 21.0. The largest absolute Gasteiger partial charge is 0 e. The maximum Gasteiger partial charge on any atom is 0 e. The van der Waals surface area contributed by atoms with Crippen molar-refractivity contribution in [1.29, 1.82) is 0 Å². The Kier molecular flexibility index (Phi) is 30.2. The Labute approximate surface area is 173 Å². The van der Waals surface area contributed by atoms with Crippen LogP contribution in [0.2, 0.25) is 0 Å². The van der Waals surface area contributed by atoms with Crippen LogP contribution in [0.5, 0.6) is 0 Å². The fourth-order valence-electron chi connectivity index (χ4n) is 2.21. The average Bonchev–Trinajstić information content (AvgIpc) is 3.57. The summed E-state index contributed by atoms with van der Waals surface area (Å²) in [5.41, 5.74) is 2.34. The van der Waals surface area contributed by atoms with Crippen LogP contribution in [0, 0.1) is 39.1 Å². The Bertz CT molecular complexity index is 588. The summed E-state index contributed by atoms with van der Waals surface area (Å²) in [6.45, 7) is 24.9. The van der Waals surface area contributed by atoms with Crippen LogP contribution in [0.4, 0.5) is 4.39 Å². The molecule has 1 saturated heterocycles. The monoisotopic (exact) mass is 561 g/mol. The Hall–Kier alpha value is -1.40. The number of nitrogens with zero attached hydrogens (tertiary/aromatic N) is 2. The number of hydrogen-bond donors (Lipinski definition) is 0. The minimum atomic E-state index is -0.736. The molecule has 1 aromatic rings. The molecule has 27 heavy (non-hydrogen) atoms. The number of rotatable bonds is 2. The van der Waals surface area contributed by atoms with Crippen molar-refractivity contribution in [2.75, 3.05) is 13.1 Å². The normalized spacial score (nSPS) is 15.4. The van der Waals surface area contributed by atoms with Crippen molar-refractivity contribution < 1.29 is 48.7 Å². The number of benzene rings is 1. The van der Waals surface area contributed by atoms with Crippen LogP contribution in [0.1, 0.15) is 24.8 Å². The second-order valence-corrected chi connectivity index (χ2v) is 6.32. The van der Waals surface area contributed by atoms with Gasteiger partial charge in [-0.05, 0) is 37.1 Å². The molecule has 0 amide bonds. The molecule has 0 aromatic heterocycles. The minimum Gasteiger partial charge on any atom is 0 e. The van der Waals surface area contributed by atoms with Crippen molar-refractivity contribution in [2.24, 2.45) is 4.76 Å². The summed E-state index contributed by atoms with van der Waals surface area (Å²) in [6, 6.07) is 6.73. The molecule has 1 aromatic carbocycles. The van der Waals surface area contributed by atoms with Gasteiger partial charge in [0.05, 0.1) is 0 Å². The fraction of sp³-hybridized carbons (Fsp3) is 0.294. The topological polar surface area (TPSA) is 115 Å². The van der Waals surface area contributed by atoms with Crippen molar-refractivity contribution in [2.45, 2.75) is 19.3 Å². The predicted molar refractivity (Wildman–Crippen MR) is 86.3 cm³/mol. The van der Waals surface area contributed by atoms with E-state index in [2.05, 4.69) is 42.7 Å². The van der Waals surface area contributed by atoms with Crippen molar-refractivity contribution in [3.8, 4) is 0 Å². The molecule has 1 unspecified atom stereocenters. The molecule has 2 aliphatic rings. The van der Waals surface area contributed by atoms with Gasteiger partial charge in [-0.1, -0.05) is 11.2 Å². The van der Waals surface area contributed by atoms with Gasteiger partial charge < -0.3 is 0 Å². The zero-order valence-electron chi connectivity index (χ0n) is 14.1. The molecule has 1 atom stereocenters. The third kappa shape index (κ3) is 13.4. The van der Waals surface area contributed by atoms with Crippen molar-refractivity contribution >= 4 is 13.7 Å². The SMILES string of the molecule is Fc1ccc(C2=N[PH+]2N2CCCCC2)cc1.[C-]#[O+].[C-]#[O+].[C-]#[O+].[C-]#[O+].[C-]#[O+].[W]. The molecule has 0 saturated carbocycles. The van der Waals surface area contributed by atoms with Crippen molar-refractivity contribution in [1.82, 2.24) is 4.67 Å². The van der Waals surface area contributed by atoms with Gasteiger partial charge in [-0.2, -0.15) is 4.67 Å². The number of piperidine rings is 1. The van der Waals surface area contributed by atoms with Gasteiger partial charge in [0.2, 0.25) is 0 Å². The van der Waals surface area contributed by atoms with Crippen LogP contribution in [-0.4, -0.2) is 23.2 Å². The number of hydrogen-bond acceptors (Lipinski definition) is 2. The molecule has 140 valence electrons. The maximum absolute atomic E-state index is 12.8. The molecular weight excluding hydrogens is 546 g/mol. The van der Waals surface area contributed by atoms with Gasteiger partial charge in [0.15, 0.2) is 0 Å². The first-order chi connectivity index (χ1) is 12.8. The molecule has 3 rings (SSSR count).